The highest BCUT2D eigenvalue weighted by atomic mass is 19.1. The van der Waals surface area contributed by atoms with Crippen molar-refractivity contribution in [3.63, 3.8) is 0 Å². The Morgan fingerprint density at radius 3 is 2.35 bits per heavy atom. The third kappa shape index (κ3) is 3.85. The first-order valence-corrected chi connectivity index (χ1v) is 7.03. The van der Waals surface area contributed by atoms with Gasteiger partial charge in [-0.25, -0.2) is 18.4 Å². The molecule has 0 amide bonds. The van der Waals surface area contributed by atoms with E-state index in [9.17, 15) is 18.4 Å². The fourth-order valence-corrected chi connectivity index (χ4v) is 1.98. The van der Waals surface area contributed by atoms with Crippen LogP contribution in [-0.2, 0) is 19.1 Å². The van der Waals surface area contributed by atoms with Crippen molar-refractivity contribution in [1.82, 2.24) is 0 Å². The molecule has 0 unspecified atom stereocenters. The molecule has 1 aromatic carbocycles. The Labute approximate surface area is 131 Å². The van der Waals surface area contributed by atoms with Gasteiger partial charge in [0.25, 0.3) is 5.79 Å². The molecule has 7 heteroatoms. The molecule has 124 valence electrons. The second-order valence-corrected chi connectivity index (χ2v) is 5.39. The normalized spacial score (nSPS) is 16.7. The fraction of sp³-hybridized carbons (Fsp3) is 0.375. The van der Waals surface area contributed by atoms with Gasteiger partial charge in [0.1, 0.15) is 11.4 Å². The molecular formula is C16H16F2O5. The number of cyclic esters (lactones) is 2. The van der Waals surface area contributed by atoms with Gasteiger partial charge in [-0.2, -0.15) is 0 Å². The highest BCUT2D eigenvalue weighted by molar-refractivity contribution is 6.19. The zero-order valence-corrected chi connectivity index (χ0v) is 12.9. The van der Waals surface area contributed by atoms with E-state index >= 15 is 0 Å². The number of benzene rings is 1. The van der Waals surface area contributed by atoms with Gasteiger partial charge in [-0.1, -0.05) is 6.92 Å². The van der Waals surface area contributed by atoms with Crippen LogP contribution in [0.5, 0.6) is 5.75 Å². The van der Waals surface area contributed by atoms with Crippen LogP contribution in [0.4, 0.5) is 8.78 Å². The number of ether oxygens (including phenoxy) is 3. The Morgan fingerprint density at radius 2 is 1.78 bits per heavy atom. The Hall–Kier alpha value is -2.44. The summed E-state index contributed by atoms with van der Waals surface area (Å²) in [6, 6.07) is 1.62. The third-order valence-electron chi connectivity index (χ3n) is 2.90. The van der Waals surface area contributed by atoms with Crippen molar-refractivity contribution in [2.75, 3.05) is 6.61 Å². The van der Waals surface area contributed by atoms with Crippen molar-refractivity contribution in [2.24, 2.45) is 0 Å². The van der Waals surface area contributed by atoms with Crippen LogP contribution in [0.2, 0.25) is 0 Å². The summed E-state index contributed by atoms with van der Waals surface area (Å²) in [4.78, 5) is 23.8. The third-order valence-corrected chi connectivity index (χ3v) is 2.90. The maximum Gasteiger partial charge on any atom is 0.348 e. The van der Waals surface area contributed by atoms with Gasteiger partial charge in [-0.05, 0) is 18.6 Å². The second-order valence-electron chi connectivity index (χ2n) is 5.39. The molecule has 0 N–H and O–H groups in total. The van der Waals surface area contributed by atoms with Gasteiger partial charge in [0.05, 0.1) is 6.61 Å². The van der Waals surface area contributed by atoms with E-state index in [1.807, 2.05) is 6.92 Å². The number of carbonyl (C=O) groups excluding carboxylic acids is 2. The topological polar surface area (TPSA) is 61.8 Å². The Bertz CT molecular complexity index is 657. The minimum absolute atomic E-state index is 0.0837. The molecule has 0 aliphatic carbocycles. The molecule has 1 aromatic rings. The first-order valence-electron chi connectivity index (χ1n) is 7.03. The Morgan fingerprint density at radius 1 is 1.17 bits per heavy atom. The second kappa shape index (κ2) is 6.36. The Balaban J connectivity index is 2.45. The van der Waals surface area contributed by atoms with Crippen molar-refractivity contribution >= 4 is 18.0 Å². The number of esters is 2. The van der Waals surface area contributed by atoms with E-state index in [0.717, 1.165) is 12.1 Å². The van der Waals surface area contributed by atoms with E-state index in [-0.39, 0.29) is 17.9 Å². The molecule has 0 saturated carbocycles. The van der Waals surface area contributed by atoms with E-state index in [2.05, 4.69) is 0 Å². The lowest BCUT2D eigenvalue weighted by Crippen LogP contribution is -2.41. The molecule has 2 rings (SSSR count). The van der Waals surface area contributed by atoms with Crippen molar-refractivity contribution in [1.29, 1.82) is 0 Å². The number of hydrogen-bond donors (Lipinski definition) is 0. The van der Waals surface area contributed by atoms with Crippen LogP contribution in [0.25, 0.3) is 6.08 Å². The van der Waals surface area contributed by atoms with Crippen molar-refractivity contribution < 1.29 is 32.6 Å². The summed E-state index contributed by atoms with van der Waals surface area (Å²) < 4.78 is 42.4. The first-order chi connectivity index (χ1) is 10.7. The zero-order chi connectivity index (χ0) is 17.2. The quantitative estimate of drug-likeness (QED) is 0.483. The lowest BCUT2D eigenvalue weighted by atomic mass is 10.1. The van der Waals surface area contributed by atoms with Gasteiger partial charge in [0.15, 0.2) is 11.6 Å². The highest BCUT2D eigenvalue weighted by Gasteiger charge is 2.39. The molecule has 1 aliphatic heterocycles. The summed E-state index contributed by atoms with van der Waals surface area (Å²) >= 11 is 0. The smallest absolute Gasteiger partial charge is 0.348 e. The van der Waals surface area contributed by atoms with Gasteiger partial charge in [0.2, 0.25) is 0 Å². The van der Waals surface area contributed by atoms with Gasteiger partial charge >= 0.3 is 11.9 Å². The summed E-state index contributed by atoms with van der Waals surface area (Å²) in [6.45, 7) is 4.81. The summed E-state index contributed by atoms with van der Waals surface area (Å²) in [7, 11) is 0. The van der Waals surface area contributed by atoms with E-state index in [1.165, 1.54) is 13.8 Å². The molecule has 0 spiro atoms. The monoisotopic (exact) mass is 326 g/mol. The molecule has 1 fully saturated rings. The average Bonchev–Trinajstić information content (AvgIpc) is 2.40. The van der Waals surface area contributed by atoms with Gasteiger partial charge in [0, 0.05) is 25.5 Å². The first kappa shape index (κ1) is 16.9. The lowest BCUT2D eigenvalue weighted by Gasteiger charge is -2.29. The van der Waals surface area contributed by atoms with Crippen LogP contribution in [0.1, 0.15) is 32.8 Å². The molecule has 1 aliphatic rings. The summed E-state index contributed by atoms with van der Waals surface area (Å²) in [6.07, 6.45) is 1.60. The van der Waals surface area contributed by atoms with Crippen molar-refractivity contribution in [3.8, 4) is 5.75 Å². The Kier molecular flexibility index (Phi) is 4.68. The fourth-order valence-electron chi connectivity index (χ4n) is 1.98. The maximum absolute atomic E-state index is 13.9. The summed E-state index contributed by atoms with van der Waals surface area (Å²) in [5.74, 6) is -5.29. The maximum atomic E-state index is 13.9. The molecule has 0 bridgehead atoms. The van der Waals surface area contributed by atoms with Crippen LogP contribution < -0.4 is 4.74 Å². The molecule has 0 aromatic heterocycles. The van der Waals surface area contributed by atoms with Crippen LogP contribution in [-0.4, -0.2) is 24.3 Å². The molecule has 0 radical (unpaired) electrons. The minimum atomic E-state index is -1.39. The SMILES string of the molecule is CCCOc1c(F)cc(F)cc1C=C1C(=O)OC(C)(C)OC1=O. The molecular weight excluding hydrogens is 310 g/mol. The number of rotatable bonds is 4. The van der Waals surface area contributed by atoms with Gasteiger partial charge in [-0.15, -0.1) is 0 Å². The summed E-state index contributed by atoms with van der Waals surface area (Å²) in [5.41, 5.74) is -0.546. The van der Waals surface area contributed by atoms with Crippen LogP contribution in [0.3, 0.4) is 0 Å². The number of halogens is 2. The minimum Gasteiger partial charge on any atom is -0.490 e. The zero-order valence-electron chi connectivity index (χ0n) is 12.9. The standard InChI is InChI=1S/C16H16F2O5/c1-4-5-21-13-9(6-10(17)8-12(13)18)7-11-14(19)22-16(2,3)23-15(11)20/h6-8H,4-5H2,1-3H3. The summed E-state index contributed by atoms with van der Waals surface area (Å²) in [5, 5.41) is 0. The van der Waals surface area contributed by atoms with E-state index < -0.39 is 34.9 Å². The van der Waals surface area contributed by atoms with Crippen molar-refractivity contribution in [3.05, 3.63) is 34.9 Å². The van der Waals surface area contributed by atoms with Crippen LogP contribution in [0, 0.1) is 11.6 Å². The molecule has 0 atom stereocenters. The number of carbonyl (C=O) groups is 2. The van der Waals surface area contributed by atoms with Crippen molar-refractivity contribution in [2.45, 2.75) is 33.0 Å². The highest BCUT2D eigenvalue weighted by Crippen LogP contribution is 2.30. The molecule has 1 heterocycles. The predicted molar refractivity (Wildman–Crippen MR) is 76.4 cm³/mol. The largest absolute Gasteiger partial charge is 0.490 e. The van der Waals surface area contributed by atoms with E-state index in [0.29, 0.717) is 12.5 Å². The van der Waals surface area contributed by atoms with Crippen LogP contribution in [0.15, 0.2) is 17.7 Å². The van der Waals surface area contributed by atoms with Gasteiger partial charge in [-0.3, -0.25) is 0 Å². The predicted octanol–water partition coefficient (Wildman–Crippen LogP) is 2.97. The van der Waals surface area contributed by atoms with E-state index in [4.69, 9.17) is 14.2 Å². The molecule has 1 saturated heterocycles. The van der Waals surface area contributed by atoms with Crippen LogP contribution >= 0.6 is 0 Å². The molecule has 23 heavy (non-hydrogen) atoms. The molecule has 5 nitrogen and oxygen atoms in total. The number of hydrogen-bond acceptors (Lipinski definition) is 5. The average molecular weight is 326 g/mol. The van der Waals surface area contributed by atoms with E-state index in [1.54, 1.807) is 0 Å². The van der Waals surface area contributed by atoms with Gasteiger partial charge < -0.3 is 14.2 Å². The lowest BCUT2D eigenvalue weighted by molar-refractivity contribution is -0.222.